The van der Waals surface area contributed by atoms with Crippen molar-refractivity contribution < 1.29 is 13.2 Å². The number of aryl methyl sites for hydroxylation is 1. The van der Waals surface area contributed by atoms with Crippen LogP contribution in [0.15, 0.2) is 11.2 Å². The number of rotatable bonds is 8. The van der Waals surface area contributed by atoms with E-state index in [4.69, 9.17) is 15.4 Å². The second-order valence-corrected chi connectivity index (χ2v) is 7.36. The normalized spacial score (nSPS) is 12.3. The second kappa shape index (κ2) is 7.26. The summed E-state index contributed by atoms with van der Waals surface area (Å²) in [5, 5.41) is -0.0820. The highest BCUT2D eigenvalue weighted by atomic mass is 35.7. The summed E-state index contributed by atoms with van der Waals surface area (Å²) in [6.45, 7) is 7.99. The van der Waals surface area contributed by atoms with E-state index in [0.29, 0.717) is 25.7 Å². The lowest BCUT2D eigenvalue weighted by molar-refractivity contribution is 0.102. The molecule has 1 heterocycles. The van der Waals surface area contributed by atoms with Gasteiger partial charge in [0.05, 0.1) is 6.61 Å². The van der Waals surface area contributed by atoms with E-state index in [9.17, 15) is 8.42 Å². The maximum atomic E-state index is 11.3. The first-order chi connectivity index (χ1) is 8.84. The van der Waals surface area contributed by atoms with Gasteiger partial charge in [-0.05, 0) is 12.3 Å². The van der Waals surface area contributed by atoms with Gasteiger partial charge in [0.2, 0.25) is 0 Å². The standard InChI is InChI=1S/C12H21ClN2O3S/c1-4-5-11-14-12(19(13,16)17)8-15(11)6-7-18-9-10(2)3/h8,10H,4-7,9H2,1-3H3. The van der Waals surface area contributed by atoms with Gasteiger partial charge in [-0.3, -0.25) is 0 Å². The Hall–Kier alpha value is -0.590. The van der Waals surface area contributed by atoms with Gasteiger partial charge < -0.3 is 9.30 Å². The number of imidazole rings is 1. The highest BCUT2D eigenvalue weighted by Gasteiger charge is 2.17. The van der Waals surface area contributed by atoms with Gasteiger partial charge in [-0.2, -0.15) is 0 Å². The minimum atomic E-state index is -3.77. The average Bonchev–Trinajstić information content (AvgIpc) is 2.68. The smallest absolute Gasteiger partial charge is 0.280 e. The third kappa shape index (κ3) is 5.50. The Balaban J connectivity index is 2.72. The predicted octanol–water partition coefficient (Wildman–Crippen LogP) is 2.44. The molecule has 0 fully saturated rings. The molecule has 19 heavy (non-hydrogen) atoms. The van der Waals surface area contributed by atoms with Crippen molar-refractivity contribution in [2.45, 2.75) is 45.2 Å². The fraction of sp³-hybridized carbons (Fsp3) is 0.750. The molecule has 0 N–H and O–H groups in total. The fourth-order valence-electron chi connectivity index (χ4n) is 1.64. The van der Waals surface area contributed by atoms with E-state index in [2.05, 4.69) is 18.8 Å². The molecule has 0 unspecified atom stereocenters. The van der Waals surface area contributed by atoms with E-state index in [1.807, 2.05) is 6.92 Å². The molecule has 0 atom stereocenters. The number of nitrogens with zero attached hydrogens (tertiary/aromatic N) is 2. The Bertz CT molecular complexity index is 497. The quantitative estimate of drug-likeness (QED) is 0.546. The van der Waals surface area contributed by atoms with Crippen LogP contribution in [0, 0.1) is 5.92 Å². The fourth-order valence-corrected chi connectivity index (χ4v) is 2.33. The van der Waals surface area contributed by atoms with Crippen LogP contribution < -0.4 is 0 Å². The number of halogens is 1. The van der Waals surface area contributed by atoms with Crippen LogP contribution in [0.2, 0.25) is 0 Å². The van der Waals surface area contributed by atoms with E-state index in [1.165, 1.54) is 6.20 Å². The lowest BCUT2D eigenvalue weighted by Crippen LogP contribution is -2.11. The Kier molecular flexibility index (Phi) is 6.29. The summed E-state index contributed by atoms with van der Waals surface area (Å²) in [6.07, 6.45) is 3.09. The van der Waals surface area contributed by atoms with Crippen molar-refractivity contribution >= 4 is 19.7 Å². The molecule has 0 saturated heterocycles. The van der Waals surface area contributed by atoms with Crippen molar-refractivity contribution in [3.63, 3.8) is 0 Å². The summed E-state index contributed by atoms with van der Waals surface area (Å²) < 4.78 is 29.9. The minimum absolute atomic E-state index is 0.0820. The molecule has 0 spiro atoms. The van der Waals surface area contributed by atoms with Gasteiger partial charge in [0, 0.05) is 36.5 Å². The zero-order chi connectivity index (χ0) is 14.5. The Morgan fingerprint density at radius 1 is 1.47 bits per heavy atom. The average molecular weight is 309 g/mol. The van der Waals surface area contributed by atoms with Gasteiger partial charge in [0.15, 0.2) is 5.03 Å². The molecule has 0 aliphatic carbocycles. The van der Waals surface area contributed by atoms with Crippen LogP contribution in [-0.4, -0.2) is 31.2 Å². The maximum absolute atomic E-state index is 11.3. The van der Waals surface area contributed by atoms with E-state index in [0.717, 1.165) is 18.7 Å². The molecule has 1 rings (SSSR count). The van der Waals surface area contributed by atoms with Gasteiger partial charge in [0.25, 0.3) is 9.05 Å². The highest BCUT2D eigenvalue weighted by Crippen LogP contribution is 2.15. The number of ether oxygens (including phenoxy) is 1. The van der Waals surface area contributed by atoms with Crippen molar-refractivity contribution in [2.24, 2.45) is 5.92 Å². The third-order valence-corrected chi connectivity index (χ3v) is 3.66. The Labute approximate surface area is 119 Å². The Morgan fingerprint density at radius 2 is 2.16 bits per heavy atom. The molecule has 0 aliphatic rings. The molecule has 0 radical (unpaired) electrons. The highest BCUT2D eigenvalue weighted by molar-refractivity contribution is 8.13. The SMILES string of the molecule is CCCc1nc(S(=O)(=O)Cl)cn1CCOCC(C)C. The monoisotopic (exact) mass is 308 g/mol. The summed E-state index contributed by atoms with van der Waals surface area (Å²) >= 11 is 0. The molecule has 0 amide bonds. The van der Waals surface area contributed by atoms with Crippen LogP contribution in [0.3, 0.4) is 0 Å². The van der Waals surface area contributed by atoms with Crippen LogP contribution in [0.5, 0.6) is 0 Å². The topological polar surface area (TPSA) is 61.2 Å². The van der Waals surface area contributed by atoms with Crippen molar-refractivity contribution in [2.75, 3.05) is 13.2 Å². The minimum Gasteiger partial charge on any atom is -0.379 e. The summed E-state index contributed by atoms with van der Waals surface area (Å²) in [5.74, 6) is 1.21. The van der Waals surface area contributed by atoms with Crippen molar-refractivity contribution in [3.05, 3.63) is 12.0 Å². The maximum Gasteiger partial charge on any atom is 0.280 e. The molecule has 110 valence electrons. The molecular formula is C12H21ClN2O3S. The lowest BCUT2D eigenvalue weighted by atomic mass is 10.2. The molecule has 0 aromatic carbocycles. The van der Waals surface area contributed by atoms with E-state index in [-0.39, 0.29) is 5.03 Å². The van der Waals surface area contributed by atoms with Crippen molar-refractivity contribution in [1.29, 1.82) is 0 Å². The van der Waals surface area contributed by atoms with Gasteiger partial charge >= 0.3 is 0 Å². The first kappa shape index (κ1) is 16.5. The van der Waals surface area contributed by atoms with E-state index < -0.39 is 9.05 Å². The van der Waals surface area contributed by atoms with Gasteiger partial charge in [-0.15, -0.1) is 0 Å². The van der Waals surface area contributed by atoms with Gasteiger partial charge in [0.1, 0.15) is 5.82 Å². The van der Waals surface area contributed by atoms with Gasteiger partial charge in [-0.1, -0.05) is 20.8 Å². The molecule has 1 aromatic rings. The van der Waals surface area contributed by atoms with Crippen LogP contribution in [0.25, 0.3) is 0 Å². The van der Waals surface area contributed by atoms with E-state index in [1.54, 1.807) is 4.57 Å². The summed E-state index contributed by atoms with van der Waals surface area (Å²) in [7, 11) is 1.54. The first-order valence-electron chi connectivity index (χ1n) is 6.43. The van der Waals surface area contributed by atoms with Crippen molar-refractivity contribution in [3.8, 4) is 0 Å². The molecule has 0 bridgehead atoms. The molecule has 0 saturated carbocycles. The summed E-state index contributed by atoms with van der Waals surface area (Å²) in [5.41, 5.74) is 0. The van der Waals surface area contributed by atoms with Crippen LogP contribution in [-0.2, 0) is 26.8 Å². The molecular weight excluding hydrogens is 288 g/mol. The molecule has 1 aromatic heterocycles. The van der Waals surface area contributed by atoms with Crippen LogP contribution in [0.4, 0.5) is 0 Å². The molecule has 0 aliphatic heterocycles. The zero-order valence-electron chi connectivity index (χ0n) is 11.6. The Morgan fingerprint density at radius 3 is 2.68 bits per heavy atom. The third-order valence-electron chi connectivity index (χ3n) is 2.49. The number of aromatic nitrogens is 2. The lowest BCUT2D eigenvalue weighted by Gasteiger charge is -2.09. The van der Waals surface area contributed by atoms with Gasteiger partial charge in [-0.25, -0.2) is 13.4 Å². The van der Waals surface area contributed by atoms with Crippen LogP contribution in [0.1, 0.15) is 33.0 Å². The molecule has 7 heteroatoms. The first-order valence-corrected chi connectivity index (χ1v) is 8.74. The predicted molar refractivity (Wildman–Crippen MR) is 74.9 cm³/mol. The summed E-state index contributed by atoms with van der Waals surface area (Å²) in [6, 6.07) is 0. The van der Waals surface area contributed by atoms with Crippen LogP contribution >= 0.6 is 10.7 Å². The van der Waals surface area contributed by atoms with Crippen molar-refractivity contribution in [1.82, 2.24) is 9.55 Å². The van der Waals surface area contributed by atoms with E-state index >= 15 is 0 Å². The number of hydrogen-bond donors (Lipinski definition) is 0. The zero-order valence-corrected chi connectivity index (χ0v) is 13.2. The largest absolute Gasteiger partial charge is 0.379 e. The summed E-state index contributed by atoms with van der Waals surface area (Å²) in [4.78, 5) is 4.07. The number of hydrogen-bond acceptors (Lipinski definition) is 4. The molecule has 5 nitrogen and oxygen atoms in total. The second-order valence-electron chi connectivity index (χ2n) is 4.85.